The van der Waals surface area contributed by atoms with Gasteiger partial charge in [-0.05, 0) is 57.7 Å². The minimum absolute atomic E-state index is 0.115. The van der Waals surface area contributed by atoms with Gasteiger partial charge in [0.05, 0.1) is 31.9 Å². The standard InChI is InChI=1S/C20H31N3O4S.2C2H2O4/c1-2-27-20(25)18-15-6-3-4-7-16(15)28-19(18)22-17(24)14-21-8-5-9-23-10-12-26-13-11-23;2*3-1(4)2(5)6/h21H,2-14H2,1H3,(H,22,24);2*(H,3,4)(H,5,6). The zero-order chi connectivity index (χ0) is 30.1. The Labute approximate surface area is 234 Å². The topological polar surface area (TPSA) is 229 Å². The van der Waals surface area contributed by atoms with Gasteiger partial charge >= 0.3 is 29.8 Å². The van der Waals surface area contributed by atoms with E-state index in [1.165, 1.54) is 16.2 Å². The number of nitrogens with zero attached hydrogens (tertiary/aromatic N) is 1. The zero-order valence-corrected chi connectivity index (χ0v) is 22.9. The lowest BCUT2D eigenvalue weighted by Gasteiger charge is -2.26. The molecule has 2 aliphatic rings. The molecule has 2 heterocycles. The van der Waals surface area contributed by atoms with E-state index in [-0.39, 0.29) is 18.4 Å². The Kier molecular flexibility index (Phi) is 16.0. The molecule has 3 rings (SSSR count). The van der Waals surface area contributed by atoms with E-state index in [4.69, 9.17) is 49.1 Å². The molecule has 15 nitrogen and oxygen atoms in total. The van der Waals surface area contributed by atoms with E-state index in [1.807, 2.05) is 0 Å². The molecule has 0 aromatic carbocycles. The highest BCUT2D eigenvalue weighted by molar-refractivity contribution is 7.17. The minimum Gasteiger partial charge on any atom is -0.473 e. The number of carbonyl (C=O) groups excluding carboxylic acids is 2. The summed E-state index contributed by atoms with van der Waals surface area (Å²) in [4.78, 5) is 64.8. The molecular formula is C24H35N3O12S. The fourth-order valence-electron chi connectivity index (χ4n) is 3.70. The summed E-state index contributed by atoms with van der Waals surface area (Å²) in [7, 11) is 0. The third-order valence-electron chi connectivity index (χ3n) is 5.49. The third kappa shape index (κ3) is 13.0. The maximum atomic E-state index is 12.4. The fourth-order valence-corrected chi connectivity index (χ4v) is 4.99. The highest BCUT2D eigenvalue weighted by atomic mass is 32.1. The van der Waals surface area contributed by atoms with E-state index in [9.17, 15) is 9.59 Å². The SMILES string of the molecule is CCOC(=O)c1c(NC(=O)CNCCCN2CCOCC2)sc2c1CCCC2.O=C(O)C(=O)O.O=C(O)C(=O)O. The second-order valence-corrected chi connectivity index (χ2v) is 9.49. The molecule has 16 heteroatoms. The summed E-state index contributed by atoms with van der Waals surface area (Å²) in [6.45, 7) is 7.78. The van der Waals surface area contributed by atoms with Crippen LogP contribution < -0.4 is 10.6 Å². The molecule has 0 bridgehead atoms. The van der Waals surface area contributed by atoms with E-state index in [1.54, 1.807) is 6.92 Å². The number of carbonyl (C=O) groups is 6. The molecule has 1 amide bonds. The number of fused-ring (bicyclic) bond motifs is 1. The normalized spacial score (nSPS) is 14.2. The number of rotatable bonds is 9. The largest absolute Gasteiger partial charge is 0.473 e. The lowest BCUT2D eigenvalue weighted by Crippen LogP contribution is -2.38. The monoisotopic (exact) mass is 589 g/mol. The molecular weight excluding hydrogens is 554 g/mol. The average Bonchev–Trinajstić information content (AvgIpc) is 3.27. The quantitative estimate of drug-likeness (QED) is 0.130. The van der Waals surface area contributed by atoms with Crippen LogP contribution in [-0.4, -0.2) is 114 Å². The fraction of sp³-hybridized carbons (Fsp3) is 0.583. The van der Waals surface area contributed by atoms with Gasteiger partial charge in [-0.1, -0.05) is 0 Å². The molecule has 1 aromatic heterocycles. The molecule has 40 heavy (non-hydrogen) atoms. The Balaban J connectivity index is 0.000000559. The molecule has 0 spiro atoms. The molecule has 6 N–H and O–H groups in total. The van der Waals surface area contributed by atoms with Gasteiger partial charge in [0.1, 0.15) is 5.00 Å². The van der Waals surface area contributed by atoms with Crippen LogP contribution >= 0.6 is 11.3 Å². The van der Waals surface area contributed by atoms with E-state index in [0.717, 1.165) is 77.1 Å². The number of hydrogen-bond acceptors (Lipinski definition) is 11. The predicted molar refractivity (Wildman–Crippen MR) is 141 cm³/mol. The zero-order valence-electron chi connectivity index (χ0n) is 22.1. The molecule has 224 valence electrons. The van der Waals surface area contributed by atoms with Crippen molar-refractivity contribution in [2.45, 2.75) is 39.0 Å². The highest BCUT2D eigenvalue weighted by Crippen LogP contribution is 2.38. The third-order valence-corrected chi connectivity index (χ3v) is 6.69. The van der Waals surface area contributed by atoms with Crippen LogP contribution in [-0.2, 0) is 46.3 Å². The Hall–Kier alpha value is -3.60. The molecule has 1 aliphatic heterocycles. The molecule has 1 aromatic rings. The number of ether oxygens (including phenoxy) is 2. The number of anilines is 1. The van der Waals surface area contributed by atoms with E-state index in [2.05, 4.69) is 15.5 Å². The molecule has 1 fully saturated rings. The van der Waals surface area contributed by atoms with Crippen molar-refractivity contribution in [2.75, 3.05) is 57.9 Å². The Morgan fingerprint density at radius 3 is 2.05 bits per heavy atom. The van der Waals surface area contributed by atoms with Crippen molar-refractivity contribution in [2.24, 2.45) is 0 Å². The van der Waals surface area contributed by atoms with Gasteiger partial charge in [0.25, 0.3) is 0 Å². The number of thiophene rings is 1. The lowest BCUT2D eigenvalue weighted by molar-refractivity contribution is -0.159. The van der Waals surface area contributed by atoms with Crippen LogP contribution in [0.2, 0.25) is 0 Å². The average molecular weight is 590 g/mol. The number of aryl methyl sites for hydroxylation is 1. The van der Waals surface area contributed by atoms with Gasteiger partial charge in [0.15, 0.2) is 0 Å². The van der Waals surface area contributed by atoms with Crippen LogP contribution in [0.15, 0.2) is 0 Å². The van der Waals surface area contributed by atoms with Gasteiger partial charge in [0, 0.05) is 18.0 Å². The van der Waals surface area contributed by atoms with E-state index >= 15 is 0 Å². The summed E-state index contributed by atoms with van der Waals surface area (Å²) in [5, 5.41) is 36.3. The smallest absolute Gasteiger partial charge is 0.414 e. The maximum absolute atomic E-state index is 12.4. The number of hydrogen-bond donors (Lipinski definition) is 6. The highest BCUT2D eigenvalue weighted by Gasteiger charge is 2.27. The van der Waals surface area contributed by atoms with Crippen molar-refractivity contribution in [3.05, 3.63) is 16.0 Å². The molecule has 0 unspecified atom stereocenters. The number of amides is 1. The van der Waals surface area contributed by atoms with E-state index in [0.29, 0.717) is 17.2 Å². The van der Waals surface area contributed by atoms with Crippen LogP contribution in [0.25, 0.3) is 0 Å². The summed E-state index contributed by atoms with van der Waals surface area (Å²) in [5.41, 5.74) is 1.64. The lowest BCUT2D eigenvalue weighted by atomic mass is 9.95. The number of esters is 1. The van der Waals surface area contributed by atoms with Gasteiger partial charge in [-0.25, -0.2) is 24.0 Å². The second kappa shape index (κ2) is 18.6. The van der Waals surface area contributed by atoms with Crippen LogP contribution in [0.5, 0.6) is 0 Å². The van der Waals surface area contributed by atoms with Crippen LogP contribution in [0, 0.1) is 0 Å². The summed E-state index contributed by atoms with van der Waals surface area (Å²) in [5.74, 6) is -7.74. The summed E-state index contributed by atoms with van der Waals surface area (Å²) < 4.78 is 10.6. The first-order valence-corrected chi connectivity index (χ1v) is 13.3. The molecule has 1 aliphatic carbocycles. The molecule has 0 saturated carbocycles. The summed E-state index contributed by atoms with van der Waals surface area (Å²) in [6.07, 6.45) is 5.06. The molecule has 0 radical (unpaired) electrons. The van der Waals surface area contributed by atoms with Crippen LogP contribution in [0.4, 0.5) is 5.00 Å². The van der Waals surface area contributed by atoms with Crippen molar-refractivity contribution >= 4 is 52.1 Å². The van der Waals surface area contributed by atoms with Gasteiger partial charge < -0.3 is 40.5 Å². The van der Waals surface area contributed by atoms with Crippen molar-refractivity contribution in [3.8, 4) is 0 Å². The Bertz CT molecular complexity index is 989. The number of morpholine rings is 1. The van der Waals surface area contributed by atoms with Crippen molar-refractivity contribution in [1.29, 1.82) is 0 Å². The molecule has 1 saturated heterocycles. The predicted octanol–water partition coefficient (Wildman–Crippen LogP) is 0.365. The first-order valence-electron chi connectivity index (χ1n) is 12.5. The van der Waals surface area contributed by atoms with Gasteiger partial charge in [-0.2, -0.15) is 0 Å². The second-order valence-electron chi connectivity index (χ2n) is 8.39. The number of carboxylic acids is 4. The Morgan fingerprint density at radius 2 is 1.50 bits per heavy atom. The van der Waals surface area contributed by atoms with Gasteiger partial charge in [-0.15, -0.1) is 11.3 Å². The number of nitrogens with one attached hydrogen (secondary N) is 2. The first-order chi connectivity index (χ1) is 19.0. The minimum atomic E-state index is -1.82. The van der Waals surface area contributed by atoms with Gasteiger partial charge in [0.2, 0.25) is 5.91 Å². The van der Waals surface area contributed by atoms with Crippen molar-refractivity contribution < 1.29 is 58.7 Å². The van der Waals surface area contributed by atoms with Crippen molar-refractivity contribution in [3.63, 3.8) is 0 Å². The van der Waals surface area contributed by atoms with Crippen molar-refractivity contribution in [1.82, 2.24) is 10.2 Å². The van der Waals surface area contributed by atoms with E-state index < -0.39 is 23.9 Å². The number of aliphatic carboxylic acids is 4. The maximum Gasteiger partial charge on any atom is 0.414 e. The van der Waals surface area contributed by atoms with Crippen LogP contribution in [0.3, 0.4) is 0 Å². The molecule has 0 atom stereocenters. The number of carboxylic acid groups (broad SMARTS) is 4. The van der Waals surface area contributed by atoms with Crippen LogP contribution in [0.1, 0.15) is 47.0 Å². The first kappa shape index (κ1) is 34.4. The summed E-state index contributed by atoms with van der Waals surface area (Å²) >= 11 is 1.53. The Morgan fingerprint density at radius 1 is 0.925 bits per heavy atom. The summed E-state index contributed by atoms with van der Waals surface area (Å²) in [6, 6.07) is 0. The van der Waals surface area contributed by atoms with Gasteiger partial charge in [-0.3, -0.25) is 9.69 Å².